The molecule has 3 N–H and O–H groups in total. The summed E-state index contributed by atoms with van der Waals surface area (Å²) in [7, 11) is -3.69. The Morgan fingerprint density at radius 1 is 1.12 bits per heavy atom. The molecule has 0 radical (unpaired) electrons. The van der Waals surface area contributed by atoms with Gasteiger partial charge in [-0.1, -0.05) is 35.9 Å². The van der Waals surface area contributed by atoms with Gasteiger partial charge in [-0.25, -0.2) is 13.6 Å². The predicted molar refractivity (Wildman–Crippen MR) is 94.1 cm³/mol. The van der Waals surface area contributed by atoms with Gasteiger partial charge in [0.05, 0.1) is 10.9 Å². The van der Waals surface area contributed by atoms with E-state index in [2.05, 4.69) is 5.32 Å². The normalized spacial score (nSPS) is 12.6. The SMILES string of the molecule is CC(NC(=O)CCc1ccc(S(N)(=O)=O)cc1)c1ccc(Cl)cc1. The van der Waals surface area contributed by atoms with Gasteiger partial charge in [0.2, 0.25) is 15.9 Å². The summed E-state index contributed by atoms with van der Waals surface area (Å²) in [4.78, 5) is 12.1. The first-order chi connectivity index (χ1) is 11.3. The van der Waals surface area contributed by atoms with Gasteiger partial charge in [0.25, 0.3) is 0 Å². The number of sulfonamides is 1. The van der Waals surface area contributed by atoms with Crippen LogP contribution in [-0.4, -0.2) is 14.3 Å². The highest BCUT2D eigenvalue weighted by Gasteiger charge is 2.11. The van der Waals surface area contributed by atoms with Gasteiger partial charge >= 0.3 is 0 Å². The maximum Gasteiger partial charge on any atom is 0.238 e. The van der Waals surface area contributed by atoms with Gasteiger partial charge in [0.15, 0.2) is 0 Å². The van der Waals surface area contributed by atoms with Crippen LogP contribution in [0.3, 0.4) is 0 Å². The molecule has 24 heavy (non-hydrogen) atoms. The van der Waals surface area contributed by atoms with Crippen molar-refractivity contribution < 1.29 is 13.2 Å². The van der Waals surface area contributed by atoms with E-state index in [9.17, 15) is 13.2 Å². The lowest BCUT2D eigenvalue weighted by Gasteiger charge is -2.14. The van der Waals surface area contributed by atoms with Gasteiger partial charge in [0, 0.05) is 11.4 Å². The molecule has 0 spiro atoms. The molecular weight excluding hydrogens is 348 g/mol. The molecule has 2 aromatic carbocycles. The van der Waals surface area contributed by atoms with Crippen molar-refractivity contribution in [2.24, 2.45) is 5.14 Å². The number of hydrogen-bond acceptors (Lipinski definition) is 3. The number of halogens is 1. The van der Waals surface area contributed by atoms with Crippen LogP contribution in [-0.2, 0) is 21.2 Å². The van der Waals surface area contributed by atoms with Gasteiger partial charge in [-0.2, -0.15) is 0 Å². The molecule has 128 valence electrons. The zero-order valence-electron chi connectivity index (χ0n) is 13.2. The lowest BCUT2D eigenvalue weighted by Crippen LogP contribution is -2.26. The minimum absolute atomic E-state index is 0.0621. The Kier molecular flexibility index (Phi) is 5.99. The summed E-state index contributed by atoms with van der Waals surface area (Å²) < 4.78 is 22.4. The average Bonchev–Trinajstić information content (AvgIpc) is 2.53. The molecular formula is C17H19ClN2O3S. The van der Waals surface area contributed by atoms with Gasteiger partial charge < -0.3 is 5.32 Å². The first-order valence-electron chi connectivity index (χ1n) is 7.42. The molecule has 1 unspecified atom stereocenters. The first-order valence-corrected chi connectivity index (χ1v) is 9.35. The molecule has 0 aromatic heterocycles. The number of amides is 1. The smallest absolute Gasteiger partial charge is 0.238 e. The number of benzene rings is 2. The zero-order chi connectivity index (χ0) is 17.7. The predicted octanol–water partition coefficient (Wildman–Crippen LogP) is 2.80. The molecule has 0 saturated carbocycles. The largest absolute Gasteiger partial charge is 0.350 e. The summed E-state index contributed by atoms with van der Waals surface area (Å²) in [5.41, 5.74) is 1.85. The molecule has 0 saturated heterocycles. The van der Waals surface area contributed by atoms with Crippen LogP contribution in [0.4, 0.5) is 0 Å². The van der Waals surface area contributed by atoms with E-state index in [4.69, 9.17) is 16.7 Å². The molecule has 0 fully saturated rings. The summed E-state index contributed by atoms with van der Waals surface area (Å²) in [5.74, 6) is -0.0760. The summed E-state index contributed by atoms with van der Waals surface area (Å²) >= 11 is 5.85. The topological polar surface area (TPSA) is 89.3 Å². The molecule has 0 aliphatic rings. The van der Waals surface area contributed by atoms with E-state index in [1.54, 1.807) is 24.3 Å². The Morgan fingerprint density at radius 3 is 2.25 bits per heavy atom. The number of nitrogens with two attached hydrogens (primary N) is 1. The number of carbonyl (C=O) groups is 1. The van der Waals surface area contributed by atoms with E-state index < -0.39 is 10.0 Å². The molecule has 0 aliphatic carbocycles. The fourth-order valence-electron chi connectivity index (χ4n) is 2.25. The van der Waals surface area contributed by atoms with Gasteiger partial charge in [-0.05, 0) is 48.7 Å². The Hall–Kier alpha value is -1.89. The minimum Gasteiger partial charge on any atom is -0.350 e. The van der Waals surface area contributed by atoms with E-state index in [0.29, 0.717) is 17.9 Å². The molecule has 2 rings (SSSR count). The van der Waals surface area contributed by atoms with E-state index in [0.717, 1.165) is 11.1 Å². The lowest BCUT2D eigenvalue weighted by atomic mass is 10.1. The zero-order valence-corrected chi connectivity index (χ0v) is 14.8. The Balaban J connectivity index is 1.87. The van der Waals surface area contributed by atoms with Gasteiger partial charge in [-0.15, -0.1) is 0 Å². The third-order valence-corrected chi connectivity index (χ3v) is 4.82. The maximum absolute atomic E-state index is 12.0. The molecule has 7 heteroatoms. The molecule has 1 amide bonds. The first kappa shape index (κ1) is 18.4. The van der Waals surface area contributed by atoms with Crippen molar-refractivity contribution in [1.82, 2.24) is 5.32 Å². The number of rotatable bonds is 6. The standard InChI is InChI=1S/C17H19ClN2O3S/c1-12(14-5-7-15(18)8-6-14)20-17(21)11-4-13-2-9-16(10-3-13)24(19,22)23/h2-3,5-10,12H,4,11H2,1H3,(H,20,21)(H2,19,22,23). The third-order valence-electron chi connectivity index (χ3n) is 3.64. The van der Waals surface area contributed by atoms with Gasteiger partial charge in [-0.3, -0.25) is 4.79 Å². The highest BCUT2D eigenvalue weighted by molar-refractivity contribution is 7.89. The molecule has 2 aromatic rings. The van der Waals surface area contributed by atoms with Crippen LogP contribution in [0.25, 0.3) is 0 Å². The van der Waals surface area contributed by atoms with Crippen LogP contribution in [0.15, 0.2) is 53.4 Å². The van der Waals surface area contributed by atoms with Crippen molar-refractivity contribution in [2.75, 3.05) is 0 Å². The van der Waals surface area contributed by atoms with Crippen molar-refractivity contribution in [3.63, 3.8) is 0 Å². The van der Waals surface area contributed by atoms with E-state index >= 15 is 0 Å². The van der Waals surface area contributed by atoms with E-state index in [1.165, 1.54) is 12.1 Å². The molecule has 0 bridgehead atoms. The Bertz CT molecular complexity index is 803. The van der Waals surface area contributed by atoms with Crippen LogP contribution < -0.4 is 10.5 Å². The van der Waals surface area contributed by atoms with Crippen LogP contribution >= 0.6 is 11.6 Å². The van der Waals surface area contributed by atoms with Crippen LogP contribution in [0.2, 0.25) is 5.02 Å². The number of nitrogens with one attached hydrogen (secondary N) is 1. The number of hydrogen-bond donors (Lipinski definition) is 2. The maximum atomic E-state index is 12.0. The lowest BCUT2D eigenvalue weighted by molar-refractivity contribution is -0.121. The summed E-state index contributed by atoms with van der Waals surface area (Å²) in [6, 6.07) is 13.4. The summed E-state index contributed by atoms with van der Waals surface area (Å²) in [5, 5.41) is 8.62. The second-order valence-electron chi connectivity index (χ2n) is 5.53. The highest BCUT2D eigenvalue weighted by atomic mass is 35.5. The van der Waals surface area contributed by atoms with E-state index in [-0.39, 0.29) is 16.8 Å². The summed E-state index contributed by atoms with van der Waals surface area (Å²) in [6.07, 6.45) is 0.830. The van der Waals surface area contributed by atoms with Crippen LogP contribution in [0.5, 0.6) is 0 Å². The monoisotopic (exact) mass is 366 g/mol. The Morgan fingerprint density at radius 2 is 1.71 bits per heavy atom. The molecule has 0 aliphatic heterocycles. The average molecular weight is 367 g/mol. The van der Waals surface area contributed by atoms with Crippen molar-refractivity contribution >= 4 is 27.5 Å². The number of primary sulfonamides is 1. The minimum atomic E-state index is -3.69. The fourth-order valence-corrected chi connectivity index (χ4v) is 2.89. The molecule has 0 heterocycles. The highest BCUT2D eigenvalue weighted by Crippen LogP contribution is 2.16. The number of carbonyl (C=O) groups excluding carboxylic acids is 1. The van der Waals surface area contributed by atoms with Crippen LogP contribution in [0, 0.1) is 0 Å². The second kappa shape index (κ2) is 7.79. The van der Waals surface area contributed by atoms with Crippen molar-refractivity contribution in [2.45, 2.75) is 30.7 Å². The third kappa shape index (κ3) is 5.33. The quantitative estimate of drug-likeness (QED) is 0.823. The molecule has 1 atom stereocenters. The fraction of sp³-hybridized carbons (Fsp3) is 0.235. The second-order valence-corrected chi connectivity index (χ2v) is 7.53. The van der Waals surface area contributed by atoms with Crippen molar-refractivity contribution in [3.05, 3.63) is 64.7 Å². The summed E-state index contributed by atoms with van der Waals surface area (Å²) in [6.45, 7) is 1.90. The van der Waals surface area contributed by atoms with Gasteiger partial charge in [0.1, 0.15) is 0 Å². The molecule has 5 nitrogen and oxygen atoms in total. The van der Waals surface area contributed by atoms with Crippen LogP contribution in [0.1, 0.15) is 30.5 Å². The van der Waals surface area contributed by atoms with Crippen molar-refractivity contribution in [3.8, 4) is 0 Å². The van der Waals surface area contributed by atoms with Crippen molar-refractivity contribution in [1.29, 1.82) is 0 Å². The van der Waals surface area contributed by atoms with E-state index in [1.807, 2.05) is 19.1 Å². The Labute approximate surface area is 146 Å². The number of aryl methyl sites for hydroxylation is 1.